The van der Waals surface area contributed by atoms with E-state index in [1.54, 1.807) is 13.2 Å². The van der Waals surface area contributed by atoms with Crippen molar-refractivity contribution in [2.75, 3.05) is 13.7 Å². The van der Waals surface area contributed by atoms with Crippen molar-refractivity contribution in [3.8, 4) is 5.75 Å². The van der Waals surface area contributed by atoms with Crippen molar-refractivity contribution in [3.63, 3.8) is 0 Å². The van der Waals surface area contributed by atoms with Crippen molar-refractivity contribution in [3.05, 3.63) is 28.0 Å². The monoisotopic (exact) mass is 359 g/mol. The Morgan fingerprint density at radius 1 is 1.48 bits per heavy atom. The van der Waals surface area contributed by atoms with Crippen LogP contribution in [0.1, 0.15) is 44.7 Å². The Labute approximate surface area is 134 Å². The first-order valence-corrected chi connectivity index (χ1v) is 8.27. The highest BCUT2D eigenvalue weighted by Crippen LogP contribution is 2.37. The molecule has 0 radical (unpaired) electrons. The molecule has 1 aromatic rings. The van der Waals surface area contributed by atoms with Crippen molar-refractivity contribution in [1.29, 1.82) is 0 Å². The second kappa shape index (κ2) is 7.56. The minimum atomic E-state index is -0.314. The van der Waals surface area contributed by atoms with Gasteiger partial charge in [0.15, 0.2) is 0 Å². The van der Waals surface area contributed by atoms with Crippen LogP contribution in [0.3, 0.4) is 0 Å². The number of hydrogen-bond acceptors (Lipinski definition) is 3. The molecule has 0 bridgehead atoms. The van der Waals surface area contributed by atoms with E-state index in [9.17, 15) is 4.39 Å². The van der Waals surface area contributed by atoms with Gasteiger partial charge in [-0.3, -0.25) is 0 Å². The quantitative estimate of drug-likeness (QED) is 0.825. The van der Waals surface area contributed by atoms with Crippen LogP contribution in [-0.2, 0) is 4.74 Å². The first-order valence-electron chi connectivity index (χ1n) is 7.48. The average molecular weight is 360 g/mol. The maximum Gasteiger partial charge on any atom is 0.141 e. The Bertz CT molecular complexity index is 484. The van der Waals surface area contributed by atoms with Gasteiger partial charge in [-0.25, -0.2) is 4.39 Å². The van der Waals surface area contributed by atoms with Crippen molar-refractivity contribution < 1.29 is 13.9 Å². The average Bonchev–Trinajstić information content (AvgIpc) is 2.89. The van der Waals surface area contributed by atoms with E-state index in [-0.39, 0.29) is 24.1 Å². The summed E-state index contributed by atoms with van der Waals surface area (Å²) in [5.41, 5.74) is 0.943. The SMILES string of the molecule is CCCNC(c1cc(Br)c(F)cc1OC)C1CCC(C)O1. The summed E-state index contributed by atoms with van der Waals surface area (Å²) in [5, 5.41) is 3.52. The number of hydrogen-bond donors (Lipinski definition) is 1. The van der Waals surface area contributed by atoms with Crippen LogP contribution in [0.25, 0.3) is 0 Å². The highest BCUT2D eigenvalue weighted by molar-refractivity contribution is 9.10. The van der Waals surface area contributed by atoms with Crippen molar-refractivity contribution in [2.24, 2.45) is 0 Å². The fourth-order valence-corrected chi connectivity index (χ4v) is 3.15. The highest BCUT2D eigenvalue weighted by Gasteiger charge is 2.32. The zero-order chi connectivity index (χ0) is 15.4. The fraction of sp³-hybridized carbons (Fsp3) is 0.625. The predicted molar refractivity (Wildman–Crippen MR) is 85.3 cm³/mol. The van der Waals surface area contributed by atoms with Crippen LogP contribution in [0, 0.1) is 5.82 Å². The standard InChI is InChI=1S/C16H23BrFNO2/c1-4-7-19-16(14-6-5-10(2)21-14)11-8-12(17)13(18)9-15(11)20-3/h8-10,14,16,19H,4-7H2,1-3H3. The van der Waals surface area contributed by atoms with Crippen LogP contribution in [0.5, 0.6) is 5.75 Å². The molecule has 0 aliphatic carbocycles. The third kappa shape index (κ3) is 3.96. The second-order valence-electron chi connectivity index (χ2n) is 5.50. The van der Waals surface area contributed by atoms with Crippen LogP contribution in [0.15, 0.2) is 16.6 Å². The minimum Gasteiger partial charge on any atom is -0.496 e. The lowest BCUT2D eigenvalue weighted by Gasteiger charge is -2.27. The molecular formula is C16H23BrFNO2. The van der Waals surface area contributed by atoms with E-state index in [2.05, 4.69) is 35.1 Å². The van der Waals surface area contributed by atoms with E-state index in [1.165, 1.54) is 6.07 Å². The molecular weight excluding hydrogens is 337 g/mol. The van der Waals surface area contributed by atoms with Crippen molar-refractivity contribution in [1.82, 2.24) is 5.32 Å². The normalized spacial score (nSPS) is 23.3. The van der Waals surface area contributed by atoms with Crippen LogP contribution in [-0.4, -0.2) is 25.9 Å². The molecule has 5 heteroatoms. The summed E-state index contributed by atoms with van der Waals surface area (Å²) in [5.74, 6) is 0.248. The molecule has 1 fully saturated rings. The molecule has 3 nitrogen and oxygen atoms in total. The molecule has 1 heterocycles. The Hall–Kier alpha value is -0.650. The van der Waals surface area contributed by atoms with E-state index in [0.29, 0.717) is 10.2 Å². The lowest BCUT2D eigenvalue weighted by molar-refractivity contribution is 0.0310. The molecule has 1 aliphatic heterocycles. The number of halogens is 2. The summed E-state index contributed by atoms with van der Waals surface area (Å²) in [6.45, 7) is 5.10. The smallest absolute Gasteiger partial charge is 0.141 e. The molecule has 0 aromatic heterocycles. The minimum absolute atomic E-state index is 0.0155. The molecule has 1 aliphatic rings. The lowest BCUT2D eigenvalue weighted by Crippen LogP contribution is -2.33. The molecule has 1 N–H and O–H groups in total. The summed E-state index contributed by atoms with van der Waals surface area (Å²) in [4.78, 5) is 0. The van der Waals surface area contributed by atoms with Gasteiger partial charge in [-0.05, 0) is 54.7 Å². The maximum atomic E-state index is 13.7. The molecule has 1 saturated heterocycles. The van der Waals surface area contributed by atoms with Gasteiger partial charge in [0.2, 0.25) is 0 Å². The Morgan fingerprint density at radius 3 is 2.81 bits per heavy atom. The first-order chi connectivity index (χ1) is 10.1. The zero-order valence-corrected chi connectivity index (χ0v) is 14.4. The highest BCUT2D eigenvalue weighted by atomic mass is 79.9. The number of ether oxygens (including phenoxy) is 2. The Morgan fingerprint density at radius 2 is 2.24 bits per heavy atom. The maximum absolute atomic E-state index is 13.7. The third-order valence-electron chi connectivity index (χ3n) is 3.86. The van der Waals surface area contributed by atoms with Gasteiger partial charge in [0.25, 0.3) is 0 Å². The van der Waals surface area contributed by atoms with Crippen LogP contribution >= 0.6 is 15.9 Å². The van der Waals surface area contributed by atoms with Crippen LogP contribution < -0.4 is 10.1 Å². The van der Waals surface area contributed by atoms with Gasteiger partial charge in [0.05, 0.1) is 29.8 Å². The molecule has 118 valence electrons. The molecule has 3 atom stereocenters. The van der Waals surface area contributed by atoms with Gasteiger partial charge in [0.1, 0.15) is 11.6 Å². The largest absolute Gasteiger partial charge is 0.496 e. The van der Waals surface area contributed by atoms with Gasteiger partial charge >= 0.3 is 0 Å². The molecule has 0 saturated carbocycles. The third-order valence-corrected chi connectivity index (χ3v) is 4.47. The number of rotatable bonds is 6. The van der Waals surface area contributed by atoms with E-state index in [1.807, 2.05) is 0 Å². The Balaban J connectivity index is 2.33. The number of methoxy groups -OCH3 is 1. The summed E-state index contributed by atoms with van der Waals surface area (Å²) < 4.78 is 25.6. The molecule has 0 amide bonds. The van der Waals surface area contributed by atoms with Gasteiger partial charge in [0, 0.05) is 11.6 Å². The van der Waals surface area contributed by atoms with Gasteiger partial charge in [-0.1, -0.05) is 6.92 Å². The summed E-state index contributed by atoms with van der Waals surface area (Å²) in [6.07, 6.45) is 3.46. The van der Waals surface area contributed by atoms with E-state index in [4.69, 9.17) is 9.47 Å². The van der Waals surface area contributed by atoms with Gasteiger partial charge in [-0.15, -0.1) is 0 Å². The molecule has 1 aromatic carbocycles. The van der Waals surface area contributed by atoms with Gasteiger partial charge in [-0.2, -0.15) is 0 Å². The molecule has 2 rings (SSSR count). The molecule has 3 unspecified atom stereocenters. The molecule has 0 spiro atoms. The topological polar surface area (TPSA) is 30.5 Å². The lowest BCUT2D eigenvalue weighted by atomic mass is 9.97. The zero-order valence-electron chi connectivity index (χ0n) is 12.8. The predicted octanol–water partition coefficient (Wildman–Crippen LogP) is 4.21. The Kier molecular flexibility index (Phi) is 6.02. The van der Waals surface area contributed by atoms with Gasteiger partial charge < -0.3 is 14.8 Å². The summed E-state index contributed by atoms with van der Waals surface area (Å²) in [7, 11) is 1.57. The van der Waals surface area contributed by atoms with E-state index in [0.717, 1.165) is 31.4 Å². The van der Waals surface area contributed by atoms with Crippen molar-refractivity contribution >= 4 is 15.9 Å². The van der Waals surface area contributed by atoms with Crippen molar-refractivity contribution in [2.45, 2.75) is 51.4 Å². The number of nitrogens with one attached hydrogen (secondary N) is 1. The summed E-state index contributed by atoms with van der Waals surface area (Å²) >= 11 is 3.27. The van der Waals surface area contributed by atoms with Crippen LogP contribution in [0.4, 0.5) is 4.39 Å². The van der Waals surface area contributed by atoms with E-state index >= 15 is 0 Å². The second-order valence-corrected chi connectivity index (χ2v) is 6.36. The number of benzene rings is 1. The fourth-order valence-electron chi connectivity index (χ4n) is 2.78. The summed E-state index contributed by atoms with van der Waals surface area (Å²) in [6, 6.07) is 3.24. The van der Waals surface area contributed by atoms with Crippen LogP contribution in [0.2, 0.25) is 0 Å². The van der Waals surface area contributed by atoms with E-state index < -0.39 is 0 Å². The molecule has 21 heavy (non-hydrogen) atoms. The first kappa shape index (κ1) is 16.7.